The van der Waals surface area contributed by atoms with Crippen molar-refractivity contribution in [2.45, 2.75) is 65.1 Å². The largest absolute Gasteiger partial charge is 0.480 e. The molecule has 0 aliphatic rings. The molecular formula is C23H40N8O6. The number of nitrogens with zero attached hydrogens (tertiary/aromatic N) is 1. The SMILES string of the molecule is CC(C)CC(NC(=O)C(N)C(C)C)C(=O)N[C@H](CCCNC(=N)N)C(=O)O.Nc1ccc([N+](=O)[O-])cc1. The van der Waals surface area contributed by atoms with Crippen LogP contribution >= 0.6 is 0 Å². The molecule has 0 aromatic heterocycles. The smallest absolute Gasteiger partial charge is 0.326 e. The third-order valence-electron chi connectivity index (χ3n) is 5.06. The summed E-state index contributed by atoms with van der Waals surface area (Å²) in [5.41, 5.74) is 16.9. The van der Waals surface area contributed by atoms with Crippen molar-refractivity contribution in [2.75, 3.05) is 12.3 Å². The highest BCUT2D eigenvalue weighted by Crippen LogP contribution is 2.12. The van der Waals surface area contributed by atoms with Gasteiger partial charge in [-0.1, -0.05) is 27.7 Å². The van der Waals surface area contributed by atoms with Crippen LogP contribution in [0.5, 0.6) is 0 Å². The summed E-state index contributed by atoms with van der Waals surface area (Å²) in [6, 6.07) is 3.03. The number of anilines is 1. The summed E-state index contributed by atoms with van der Waals surface area (Å²) in [7, 11) is 0. The lowest BCUT2D eigenvalue weighted by Gasteiger charge is -2.25. The Morgan fingerprint density at radius 1 is 1.05 bits per heavy atom. The molecule has 11 N–H and O–H groups in total. The lowest BCUT2D eigenvalue weighted by molar-refractivity contribution is -0.384. The molecule has 1 rings (SSSR count). The van der Waals surface area contributed by atoms with Gasteiger partial charge in [-0.2, -0.15) is 0 Å². The Balaban J connectivity index is 0.00000107. The predicted octanol–water partition coefficient (Wildman–Crippen LogP) is 0.510. The second-order valence-electron chi connectivity index (χ2n) is 9.19. The molecule has 0 aliphatic carbocycles. The van der Waals surface area contributed by atoms with Gasteiger partial charge in [0.2, 0.25) is 11.8 Å². The summed E-state index contributed by atoms with van der Waals surface area (Å²) in [4.78, 5) is 45.8. The number of carboxylic acids is 1. The van der Waals surface area contributed by atoms with E-state index in [1.54, 1.807) is 13.8 Å². The first-order valence-electron chi connectivity index (χ1n) is 11.8. The number of amides is 2. The maximum absolute atomic E-state index is 12.6. The molecule has 1 aromatic carbocycles. The van der Waals surface area contributed by atoms with Crippen molar-refractivity contribution in [3.05, 3.63) is 34.4 Å². The molecule has 2 amide bonds. The first-order valence-corrected chi connectivity index (χ1v) is 11.8. The van der Waals surface area contributed by atoms with Crippen LogP contribution < -0.4 is 33.2 Å². The number of nitrogens with one attached hydrogen (secondary N) is 4. The van der Waals surface area contributed by atoms with Gasteiger partial charge in [-0.3, -0.25) is 25.1 Å². The van der Waals surface area contributed by atoms with Crippen LogP contribution in [0.15, 0.2) is 24.3 Å². The summed E-state index contributed by atoms with van der Waals surface area (Å²) in [6.45, 7) is 7.73. The molecule has 0 heterocycles. The van der Waals surface area contributed by atoms with Crippen molar-refractivity contribution < 1.29 is 24.4 Å². The molecule has 0 fully saturated rings. The molecule has 14 nitrogen and oxygen atoms in total. The van der Waals surface area contributed by atoms with E-state index >= 15 is 0 Å². The van der Waals surface area contributed by atoms with Gasteiger partial charge in [-0.15, -0.1) is 0 Å². The number of hydrogen-bond acceptors (Lipinski definition) is 8. The number of non-ortho nitro benzene ring substituents is 1. The number of nitro groups is 1. The van der Waals surface area contributed by atoms with Crippen molar-refractivity contribution >= 4 is 35.1 Å². The fourth-order valence-electron chi connectivity index (χ4n) is 2.93. The Morgan fingerprint density at radius 2 is 1.59 bits per heavy atom. The topological polar surface area (TPSA) is 253 Å². The molecule has 3 atom stereocenters. The molecule has 0 bridgehead atoms. The summed E-state index contributed by atoms with van der Waals surface area (Å²) < 4.78 is 0. The Kier molecular flexibility index (Phi) is 14.9. The standard InChI is InChI=1S/C17H34N6O4.C6H6N2O2/c1-9(2)8-12(23-15(25)13(18)10(3)4)14(24)22-11(16(26)27)6-5-7-21-17(19)20;7-5-1-3-6(4-2-5)8(9)10/h9-13H,5-8,18H2,1-4H3,(H,22,24)(H,23,25)(H,26,27)(H4,19,20,21);1-4H,7H2/t11-,12?,13?;/m1./s1. The average Bonchev–Trinajstić information content (AvgIpc) is 2.79. The summed E-state index contributed by atoms with van der Waals surface area (Å²) >= 11 is 0. The Bertz CT molecular complexity index is 907. The summed E-state index contributed by atoms with van der Waals surface area (Å²) in [5, 5.41) is 34.1. The van der Waals surface area contributed by atoms with Gasteiger partial charge >= 0.3 is 5.97 Å². The molecule has 0 saturated carbocycles. The Hall–Kier alpha value is -3.94. The highest BCUT2D eigenvalue weighted by atomic mass is 16.6. The second-order valence-corrected chi connectivity index (χ2v) is 9.19. The number of nitrogens with two attached hydrogens (primary N) is 3. The Labute approximate surface area is 216 Å². The minimum Gasteiger partial charge on any atom is -0.480 e. The van der Waals surface area contributed by atoms with Gasteiger partial charge in [0.05, 0.1) is 11.0 Å². The highest BCUT2D eigenvalue weighted by Gasteiger charge is 2.29. The summed E-state index contributed by atoms with van der Waals surface area (Å²) in [5.74, 6) is -2.34. The van der Waals surface area contributed by atoms with E-state index in [4.69, 9.17) is 22.6 Å². The lowest BCUT2D eigenvalue weighted by Crippen LogP contribution is -2.55. The molecule has 0 aliphatic heterocycles. The second kappa shape index (κ2) is 16.7. The van der Waals surface area contributed by atoms with E-state index in [9.17, 15) is 29.6 Å². The van der Waals surface area contributed by atoms with Crippen molar-refractivity contribution in [2.24, 2.45) is 23.3 Å². The molecule has 14 heteroatoms. The van der Waals surface area contributed by atoms with Crippen LogP contribution in [0.2, 0.25) is 0 Å². The van der Waals surface area contributed by atoms with Crippen LogP contribution in [0.1, 0.15) is 47.0 Å². The molecule has 1 aromatic rings. The highest BCUT2D eigenvalue weighted by molar-refractivity contribution is 5.91. The van der Waals surface area contributed by atoms with Crippen molar-refractivity contribution in [1.29, 1.82) is 5.41 Å². The predicted molar refractivity (Wildman–Crippen MR) is 140 cm³/mol. The Morgan fingerprint density at radius 3 is 2.03 bits per heavy atom. The van der Waals surface area contributed by atoms with Gasteiger partial charge in [0.15, 0.2) is 5.96 Å². The molecule has 0 spiro atoms. The molecule has 37 heavy (non-hydrogen) atoms. The molecule has 208 valence electrons. The van der Waals surface area contributed by atoms with Gasteiger partial charge in [0.1, 0.15) is 12.1 Å². The molecule has 0 radical (unpaired) electrons. The van der Waals surface area contributed by atoms with Crippen molar-refractivity contribution in [3.8, 4) is 0 Å². The van der Waals surface area contributed by atoms with Gasteiger partial charge in [0, 0.05) is 24.4 Å². The van der Waals surface area contributed by atoms with E-state index in [1.165, 1.54) is 24.3 Å². The van der Waals surface area contributed by atoms with Gasteiger partial charge in [-0.25, -0.2) is 4.79 Å². The van der Waals surface area contributed by atoms with Gasteiger partial charge < -0.3 is 38.3 Å². The quantitative estimate of drug-likeness (QED) is 0.0443. The molecular weight excluding hydrogens is 484 g/mol. The number of benzene rings is 1. The van der Waals surface area contributed by atoms with Crippen molar-refractivity contribution in [3.63, 3.8) is 0 Å². The normalized spacial score (nSPS) is 12.9. The number of hydrogen-bond donors (Lipinski definition) is 8. The first kappa shape index (κ1) is 33.1. The maximum Gasteiger partial charge on any atom is 0.326 e. The fourth-order valence-corrected chi connectivity index (χ4v) is 2.93. The minimum absolute atomic E-state index is 0.0641. The zero-order valence-electron chi connectivity index (χ0n) is 21.7. The number of guanidine groups is 1. The van der Waals surface area contributed by atoms with Crippen LogP contribution in [0, 0.1) is 27.4 Å². The maximum atomic E-state index is 12.6. The van der Waals surface area contributed by atoms with E-state index in [1.807, 2.05) is 13.8 Å². The first-order chi connectivity index (χ1) is 17.1. The number of rotatable bonds is 13. The van der Waals surface area contributed by atoms with Crippen LogP contribution in [0.3, 0.4) is 0 Å². The van der Waals surface area contributed by atoms with Crippen LogP contribution in [0.25, 0.3) is 0 Å². The number of nitrogen functional groups attached to an aromatic ring is 1. The van der Waals surface area contributed by atoms with Crippen molar-refractivity contribution in [1.82, 2.24) is 16.0 Å². The number of carbonyl (C=O) groups is 3. The summed E-state index contributed by atoms with van der Waals surface area (Å²) in [6.07, 6.45) is 0.923. The van der Waals surface area contributed by atoms with Crippen LogP contribution in [-0.2, 0) is 14.4 Å². The molecule has 0 saturated heterocycles. The van der Waals surface area contributed by atoms with E-state index < -0.39 is 40.8 Å². The zero-order valence-corrected chi connectivity index (χ0v) is 21.7. The van der Waals surface area contributed by atoms with E-state index in [0.717, 1.165) is 0 Å². The van der Waals surface area contributed by atoms with Gasteiger partial charge in [-0.05, 0) is 43.2 Å². The van der Waals surface area contributed by atoms with Crippen LogP contribution in [-0.4, -0.2) is 58.4 Å². The minimum atomic E-state index is -1.17. The third kappa shape index (κ3) is 14.3. The monoisotopic (exact) mass is 524 g/mol. The van der Waals surface area contributed by atoms with E-state index in [-0.39, 0.29) is 29.9 Å². The number of carbonyl (C=O) groups excluding carboxylic acids is 2. The molecule has 2 unspecified atom stereocenters. The van der Waals surface area contributed by atoms with Gasteiger partial charge in [0.25, 0.3) is 5.69 Å². The fraction of sp³-hybridized carbons (Fsp3) is 0.565. The van der Waals surface area contributed by atoms with E-state index in [0.29, 0.717) is 25.1 Å². The number of nitro benzene ring substituents is 1. The number of carboxylic acid groups (broad SMARTS) is 1. The number of aliphatic carboxylic acids is 1. The van der Waals surface area contributed by atoms with Crippen LogP contribution in [0.4, 0.5) is 11.4 Å². The zero-order chi connectivity index (χ0) is 28.7. The van der Waals surface area contributed by atoms with E-state index in [2.05, 4.69) is 16.0 Å². The lowest BCUT2D eigenvalue weighted by atomic mass is 10.00. The average molecular weight is 525 g/mol. The third-order valence-corrected chi connectivity index (χ3v) is 5.06.